The lowest BCUT2D eigenvalue weighted by Crippen LogP contribution is -2.28. The number of halogens is 3. The molecule has 0 saturated carbocycles. The summed E-state index contributed by atoms with van der Waals surface area (Å²) in [4.78, 5) is 3.64. The van der Waals surface area contributed by atoms with E-state index in [1.54, 1.807) is 0 Å². The highest BCUT2D eigenvalue weighted by Crippen LogP contribution is 2.30. The van der Waals surface area contributed by atoms with Crippen LogP contribution in [0.3, 0.4) is 0 Å². The van der Waals surface area contributed by atoms with Crippen molar-refractivity contribution in [2.24, 2.45) is 11.7 Å². The molecule has 0 bridgehead atoms. The maximum Gasteiger partial charge on any atom is 0.433 e. The lowest BCUT2D eigenvalue weighted by atomic mass is 10.0. The summed E-state index contributed by atoms with van der Waals surface area (Å²) in [5, 5.41) is 2.99. The number of nitrogens with one attached hydrogen (secondary N) is 1. The number of ether oxygens (including phenoxy) is 1. The van der Waals surface area contributed by atoms with Crippen LogP contribution in [0.15, 0.2) is 12.1 Å². The van der Waals surface area contributed by atoms with Crippen LogP contribution in [0.25, 0.3) is 0 Å². The normalized spacial score (nSPS) is 20.3. The van der Waals surface area contributed by atoms with Gasteiger partial charge in [0, 0.05) is 18.6 Å². The Labute approximate surface area is 125 Å². The van der Waals surface area contributed by atoms with Gasteiger partial charge in [0.2, 0.25) is 0 Å². The molecular formula is C13H16F3N3OS. The highest BCUT2D eigenvalue weighted by atomic mass is 32.1. The molecule has 3 N–H and O–H groups in total. The summed E-state index contributed by atoms with van der Waals surface area (Å²) < 4.78 is 43.6. The van der Waals surface area contributed by atoms with Crippen LogP contribution in [-0.4, -0.2) is 29.2 Å². The number of nitrogens with two attached hydrogens (primary N) is 1. The molecule has 2 heterocycles. The maximum absolute atomic E-state index is 12.8. The molecule has 0 aliphatic carbocycles. The first-order chi connectivity index (χ1) is 9.79. The second-order valence-electron chi connectivity index (χ2n) is 5.01. The summed E-state index contributed by atoms with van der Waals surface area (Å²) in [6.45, 7) is 3.12. The van der Waals surface area contributed by atoms with Gasteiger partial charge in [-0.2, -0.15) is 13.2 Å². The number of hydrogen-bond donors (Lipinski definition) is 2. The minimum atomic E-state index is -4.51. The third kappa shape index (κ3) is 3.82. The van der Waals surface area contributed by atoms with E-state index in [0.717, 1.165) is 12.5 Å². The molecule has 1 aromatic rings. The van der Waals surface area contributed by atoms with Crippen molar-refractivity contribution >= 4 is 23.0 Å². The van der Waals surface area contributed by atoms with Gasteiger partial charge in [0.05, 0.1) is 12.2 Å². The van der Waals surface area contributed by atoms with Crippen molar-refractivity contribution in [2.45, 2.75) is 25.6 Å². The van der Waals surface area contributed by atoms with Gasteiger partial charge in [-0.25, -0.2) is 4.98 Å². The standard InChI is InChI=1S/C13H16F3N3OS/c1-7(8-4-5-20-6-8)18-12-9(11(17)21)2-3-10(19-12)13(14,15)16/h2-3,7-8H,4-6H2,1H3,(H2,17,21)(H,18,19). The van der Waals surface area contributed by atoms with Crippen molar-refractivity contribution in [1.29, 1.82) is 0 Å². The SMILES string of the molecule is CC(Nc1nc(C(F)(F)F)ccc1C(N)=S)C1CCOC1. The summed E-state index contributed by atoms with van der Waals surface area (Å²) in [7, 11) is 0. The van der Waals surface area contributed by atoms with Gasteiger partial charge >= 0.3 is 6.18 Å². The Balaban J connectivity index is 2.27. The third-order valence-corrected chi connectivity index (χ3v) is 3.71. The zero-order valence-corrected chi connectivity index (χ0v) is 12.2. The number of nitrogens with zero attached hydrogens (tertiary/aromatic N) is 1. The number of aromatic nitrogens is 1. The first-order valence-corrected chi connectivity index (χ1v) is 6.92. The van der Waals surface area contributed by atoms with Crippen LogP contribution in [0, 0.1) is 5.92 Å². The van der Waals surface area contributed by atoms with Gasteiger partial charge in [-0.3, -0.25) is 0 Å². The van der Waals surface area contributed by atoms with Gasteiger partial charge in [-0.05, 0) is 25.5 Å². The topological polar surface area (TPSA) is 60.2 Å². The molecule has 4 nitrogen and oxygen atoms in total. The number of anilines is 1. The molecule has 0 spiro atoms. The van der Waals surface area contributed by atoms with Gasteiger partial charge in [-0.15, -0.1) is 0 Å². The van der Waals surface area contributed by atoms with Gasteiger partial charge in [0.1, 0.15) is 16.5 Å². The molecule has 2 unspecified atom stereocenters. The molecule has 2 atom stereocenters. The number of thiocarbonyl (C=S) groups is 1. The van der Waals surface area contributed by atoms with Crippen molar-refractivity contribution in [3.05, 3.63) is 23.4 Å². The van der Waals surface area contributed by atoms with Gasteiger partial charge in [0.25, 0.3) is 0 Å². The lowest BCUT2D eigenvalue weighted by Gasteiger charge is -2.22. The molecule has 21 heavy (non-hydrogen) atoms. The van der Waals surface area contributed by atoms with Crippen molar-refractivity contribution in [1.82, 2.24) is 4.98 Å². The van der Waals surface area contributed by atoms with Crippen LogP contribution in [0.2, 0.25) is 0 Å². The van der Waals surface area contributed by atoms with Crippen LogP contribution in [0.4, 0.5) is 19.0 Å². The highest BCUT2D eigenvalue weighted by Gasteiger charge is 2.33. The first-order valence-electron chi connectivity index (χ1n) is 6.51. The molecule has 0 radical (unpaired) electrons. The zero-order valence-electron chi connectivity index (χ0n) is 11.4. The fourth-order valence-corrected chi connectivity index (χ4v) is 2.37. The highest BCUT2D eigenvalue weighted by molar-refractivity contribution is 7.80. The van der Waals surface area contributed by atoms with Gasteiger partial charge in [-0.1, -0.05) is 12.2 Å². The van der Waals surface area contributed by atoms with E-state index in [2.05, 4.69) is 10.3 Å². The van der Waals surface area contributed by atoms with Crippen LogP contribution < -0.4 is 11.1 Å². The number of hydrogen-bond acceptors (Lipinski definition) is 4. The molecule has 1 saturated heterocycles. The van der Waals surface area contributed by atoms with Crippen molar-refractivity contribution in [3.63, 3.8) is 0 Å². The Morgan fingerprint density at radius 1 is 1.52 bits per heavy atom. The fourth-order valence-electron chi connectivity index (χ4n) is 2.21. The van der Waals surface area contributed by atoms with Crippen molar-refractivity contribution in [2.75, 3.05) is 18.5 Å². The third-order valence-electron chi connectivity index (χ3n) is 3.49. The molecule has 2 rings (SSSR count). The van der Waals surface area contributed by atoms with E-state index in [-0.39, 0.29) is 22.8 Å². The Kier molecular flexibility index (Phi) is 4.67. The predicted molar refractivity (Wildman–Crippen MR) is 77.1 cm³/mol. The summed E-state index contributed by atoms with van der Waals surface area (Å²) in [6, 6.07) is 2.04. The van der Waals surface area contributed by atoms with Crippen LogP contribution in [-0.2, 0) is 10.9 Å². The molecule has 1 aromatic heterocycles. The molecule has 1 aliphatic rings. The Morgan fingerprint density at radius 2 is 2.24 bits per heavy atom. The van der Waals surface area contributed by atoms with E-state index >= 15 is 0 Å². The van der Waals surface area contributed by atoms with E-state index in [1.807, 2.05) is 6.92 Å². The average molecular weight is 319 g/mol. The molecule has 116 valence electrons. The quantitative estimate of drug-likeness (QED) is 0.835. The fraction of sp³-hybridized carbons (Fsp3) is 0.538. The van der Waals surface area contributed by atoms with Crippen molar-refractivity contribution < 1.29 is 17.9 Å². The predicted octanol–water partition coefficient (Wildman–Crippen LogP) is 2.57. The maximum atomic E-state index is 12.8. The first kappa shape index (κ1) is 16.0. The molecule has 1 aliphatic heterocycles. The zero-order chi connectivity index (χ0) is 15.6. The number of pyridine rings is 1. The Morgan fingerprint density at radius 3 is 2.76 bits per heavy atom. The van der Waals surface area contributed by atoms with Gasteiger partial charge in [0.15, 0.2) is 0 Å². The average Bonchev–Trinajstić information content (AvgIpc) is 2.91. The summed E-state index contributed by atoms with van der Waals surface area (Å²) in [6.07, 6.45) is -3.65. The second kappa shape index (κ2) is 6.15. The largest absolute Gasteiger partial charge is 0.433 e. The van der Waals surface area contributed by atoms with E-state index in [1.165, 1.54) is 6.07 Å². The van der Waals surface area contributed by atoms with E-state index in [0.29, 0.717) is 18.8 Å². The minimum absolute atomic E-state index is 0.00796. The van der Waals surface area contributed by atoms with E-state index in [9.17, 15) is 13.2 Å². The van der Waals surface area contributed by atoms with E-state index < -0.39 is 11.9 Å². The minimum Gasteiger partial charge on any atom is -0.389 e. The van der Waals surface area contributed by atoms with Crippen molar-refractivity contribution in [3.8, 4) is 0 Å². The Bertz CT molecular complexity index is 530. The molecular weight excluding hydrogens is 303 g/mol. The summed E-state index contributed by atoms with van der Waals surface area (Å²) >= 11 is 4.87. The monoisotopic (exact) mass is 319 g/mol. The summed E-state index contributed by atoms with van der Waals surface area (Å²) in [5.74, 6) is 0.289. The van der Waals surface area contributed by atoms with E-state index in [4.69, 9.17) is 22.7 Å². The summed E-state index contributed by atoms with van der Waals surface area (Å²) in [5.41, 5.74) is 4.89. The van der Waals surface area contributed by atoms with Gasteiger partial charge < -0.3 is 15.8 Å². The molecule has 8 heteroatoms. The van der Waals surface area contributed by atoms with Crippen LogP contribution in [0.5, 0.6) is 0 Å². The number of alkyl halides is 3. The Hall–Kier alpha value is -1.41. The molecule has 1 fully saturated rings. The lowest BCUT2D eigenvalue weighted by molar-refractivity contribution is -0.141. The molecule has 0 amide bonds. The smallest absolute Gasteiger partial charge is 0.389 e. The van der Waals surface area contributed by atoms with Crippen LogP contribution in [0.1, 0.15) is 24.6 Å². The second-order valence-corrected chi connectivity index (χ2v) is 5.45. The van der Waals surface area contributed by atoms with Crippen LogP contribution >= 0.6 is 12.2 Å². The molecule has 0 aromatic carbocycles. The number of rotatable bonds is 4.